The summed E-state index contributed by atoms with van der Waals surface area (Å²) in [5.41, 5.74) is 13.7. The van der Waals surface area contributed by atoms with Crippen LogP contribution in [0.1, 0.15) is 81.5 Å². The van der Waals surface area contributed by atoms with E-state index in [2.05, 4.69) is 60.6 Å². The van der Waals surface area contributed by atoms with Crippen molar-refractivity contribution in [3.05, 3.63) is 93.8 Å². The predicted molar refractivity (Wildman–Crippen MR) is 152 cm³/mol. The lowest BCUT2D eigenvalue weighted by Crippen LogP contribution is -2.19. The van der Waals surface area contributed by atoms with E-state index >= 15 is 0 Å². The minimum atomic E-state index is 0.105. The van der Waals surface area contributed by atoms with E-state index in [0.717, 1.165) is 56.3 Å². The molecule has 1 saturated carbocycles. The van der Waals surface area contributed by atoms with E-state index < -0.39 is 0 Å². The zero-order valence-electron chi connectivity index (χ0n) is 22.1. The number of nitrogens with zero attached hydrogens (tertiary/aromatic N) is 2. The van der Waals surface area contributed by atoms with Gasteiger partial charge in [0.05, 0.1) is 17.5 Å². The highest BCUT2D eigenvalue weighted by atomic mass is 14.9. The SMILES string of the molecule is C/C=C(\N=CCCC)C(NCc1ccc(C(=N)N)cc1)=C1CCC1.CCc1ccc(CCC#N)cc1. The second-order valence-electron chi connectivity index (χ2n) is 8.90. The van der Waals surface area contributed by atoms with Gasteiger partial charge in [0.25, 0.3) is 0 Å². The number of unbranched alkanes of at least 4 members (excludes halogenated alkanes) is 1. The maximum Gasteiger partial charge on any atom is 0.122 e. The van der Waals surface area contributed by atoms with Gasteiger partial charge < -0.3 is 11.1 Å². The number of nitrogen functional groups attached to an aromatic ring is 1. The van der Waals surface area contributed by atoms with Gasteiger partial charge in [-0.05, 0) is 67.7 Å². The fourth-order valence-corrected chi connectivity index (χ4v) is 3.71. The molecule has 0 atom stereocenters. The molecule has 0 spiro atoms. The van der Waals surface area contributed by atoms with E-state index in [1.54, 1.807) is 0 Å². The van der Waals surface area contributed by atoms with Crippen molar-refractivity contribution in [1.29, 1.82) is 10.7 Å². The van der Waals surface area contributed by atoms with Gasteiger partial charge in [-0.15, -0.1) is 0 Å². The van der Waals surface area contributed by atoms with Crippen LogP contribution in [-0.4, -0.2) is 12.1 Å². The first-order chi connectivity index (χ1) is 17.5. The second-order valence-corrected chi connectivity index (χ2v) is 8.90. The van der Waals surface area contributed by atoms with Crippen molar-refractivity contribution < 1.29 is 0 Å². The fourth-order valence-electron chi connectivity index (χ4n) is 3.71. The Morgan fingerprint density at radius 3 is 2.19 bits per heavy atom. The van der Waals surface area contributed by atoms with Crippen LogP contribution in [0.15, 0.2) is 76.6 Å². The molecule has 0 unspecified atom stereocenters. The Kier molecular flexibility index (Phi) is 12.8. The summed E-state index contributed by atoms with van der Waals surface area (Å²) in [6.45, 7) is 7.10. The molecular formula is C31H41N5. The molecule has 1 aliphatic carbocycles. The minimum absolute atomic E-state index is 0.105. The summed E-state index contributed by atoms with van der Waals surface area (Å²) in [7, 11) is 0. The van der Waals surface area contributed by atoms with Gasteiger partial charge in [-0.25, -0.2) is 0 Å². The Morgan fingerprint density at radius 2 is 1.69 bits per heavy atom. The maximum absolute atomic E-state index is 8.38. The first-order valence-corrected chi connectivity index (χ1v) is 13.1. The highest BCUT2D eigenvalue weighted by Crippen LogP contribution is 2.31. The highest BCUT2D eigenvalue weighted by molar-refractivity contribution is 5.94. The first-order valence-electron chi connectivity index (χ1n) is 13.1. The molecule has 0 aromatic heterocycles. The summed E-state index contributed by atoms with van der Waals surface area (Å²) in [5.74, 6) is 0.105. The van der Waals surface area contributed by atoms with Crippen LogP contribution in [0.2, 0.25) is 0 Å². The normalized spacial score (nSPS) is 12.8. The number of allylic oxidation sites excluding steroid dienone is 2. The standard InChI is InChI=1S/C20H28N4.C11H13N/c1-3-5-13-23-18(4-2)19(16-7-6-8-16)24-14-15-9-11-17(12-10-15)20(21)22;1-2-10-5-7-11(8-6-10)4-3-9-12/h4,9-13,24H,3,5-8,14H2,1-2H3,(H3,21,22);5-8H,2-4H2,1H3/b18-4-,23-13?;. The Morgan fingerprint density at radius 1 is 1.06 bits per heavy atom. The van der Waals surface area contributed by atoms with Crippen molar-refractivity contribution in [3.63, 3.8) is 0 Å². The number of nitrogens with one attached hydrogen (secondary N) is 2. The van der Waals surface area contributed by atoms with E-state index in [9.17, 15) is 0 Å². The van der Waals surface area contributed by atoms with Crippen LogP contribution >= 0.6 is 0 Å². The third-order valence-corrected chi connectivity index (χ3v) is 6.18. The van der Waals surface area contributed by atoms with Crippen molar-refractivity contribution in [2.24, 2.45) is 10.7 Å². The van der Waals surface area contributed by atoms with Gasteiger partial charge in [0, 0.05) is 24.7 Å². The van der Waals surface area contributed by atoms with Gasteiger partial charge in [0.2, 0.25) is 0 Å². The van der Waals surface area contributed by atoms with E-state index in [0.29, 0.717) is 6.42 Å². The number of hydrogen-bond acceptors (Lipinski definition) is 4. The third-order valence-electron chi connectivity index (χ3n) is 6.18. The average molecular weight is 484 g/mol. The van der Waals surface area contributed by atoms with Crippen LogP contribution in [0.5, 0.6) is 0 Å². The largest absolute Gasteiger partial charge is 0.384 e. The van der Waals surface area contributed by atoms with Crippen LogP contribution in [0, 0.1) is 16.7 Å². The second kappa shape index (κ2) is 16.1. The number of rotatable bonds is 11. The molecular weight excluding hydrogens is 442 g/mol. The molecule has 0 amide bonds. The lowest BCUT2D eigenvalue weighted by molar-refractivity contribution is 0.629. The van der Waals surface area contributed by atoms with Crippen molar-refractivity contribution in [1.82, 2.24) is 5.32 Å². The maximum atomic E-state index is 8.38. The predicted octanol–water partition coefficient (Wildman–Crippen LogP) is 6.98. The molecule has 0 bridgehead atoms. The zero-order chi connectivity index (χ0) is 26.2. The summed E-state index contributed by atoms with van der Waals surface area (Å²) in [4.78, 5) is 4.66. The summed E-state index contributed by atoms with van der Waals surface area (Å²) < 4.78 is 0. The molecule has 36 heavy (non-hydrogen) atoms. The van der Waals surface area contributed by atoms with E-state index in [1.165, 1.54) is 34.4 Å². The van der Waals surface area contributed by atoms with Crippen LogP contribution in [0.25, 0.3) is 0 Å². The van der Waals surface area contributed by atoms with Gasteiger partial charge >= 0.3 is 0 Å². The molecule has 5 heteroatoms. The van der Waals surface area contributed by atoms with E-state index in [4.69, 9.17) is 16.4 Å². The molecule has 5 nitrogen and oxygen atoms in total. The van der Waals surface area contributed by atoms with Gasteiger partial charge in [-0.1, -0.05) is 74.9 Å². The van der Waals surface area contributed by atoms with Crippen LogP contribution in [-0.2, 0) is 19.4 Å². The van der Waals surface area contributed by atoms with E-state index in [-0.39, 0.29) is 5.84 Å². The fraction of sp³-hybridized carbons (Fsp3) is 0.387. The average Bonchev–Trinajstić information content (AvgIpc) is 2.88. The lowest BCUT2D eigenvalue weighted by atomic mass is 9.89. The minimum Gasteiger partial charge on any atom is -0.384 e. The number of nitrogens with two attached hydrogens (primary N) is 1. The quantitative estimate of drug-likeness (QED) is 0.237. The van der Waals surface area contributed by atoms with Crippen molar-refractivity contribution >= 4 is 12.1 Å². The summed E-state index contributed by atoms with van der Waals surface area (Å²) >= 11 is 0. The number of nitriles is 1. The first kappa shape index (κ1) is 28.6. The molecule has 0 aliphatic heterocycles. The third kappa shape index (κ3) is 9.54. The molecule has 1 aliphatic rings. The lowest BCUT2D eigenvalue weighted by Gasteiger charge is -2.23. The Labute approximate surface area is 217 Å². The molecule has 0 saturated heterocycles. The van der Waals surface area contributed by atoms with Crippen LogP contribution < -0.4 is 11.1 Å². The topological polar surface area (TPSA) is 98.1 Å². The van der Waals surface area contributed by atoms with Crippen molar-refractivity contribution in [2.45, 2.75) is 78.7 Å². The molecule has 2 aromatic carbocycles. The van der Waals surface area contributed by atoms with Crippen LogP contribution in [0.3, 0.4) is 0 Å². The Hall–Kier alpha value is -3.65. The number of aryl methyl sites for hydroxylation is 2. The number of benzene rings is 2. The van der Waals surface area contributed by atoms with Crippen LogP contribution in [0.4, 0.5) is 0 Å². The van der Waals surface area contributed by atoms with Crippen molar-refractivity contribution in [2.75, 3.05) is 0 Å². The molecule has 1 fully saturated rings. The van der Waals surface area contributed by atoms with Gasteiger partial charge in [-0.2, -0.15) is 5.26 Å². The van der Waals surface area contributed by atoms with Crippen molar-refractivity contribution in [3.8, 4) is 6.07 Å². The molecule has 190 valence electrons. The molecule has 0 radical (unpaired) electrons. The molecule has 4 N–H and O–H groups in total. The number of aliphatic imine (C=N–C) groups is 1. The van der Waals surface area contributed by atoms with Gasteiger partial charge in [-0.3, -0.25) is 10.4 Å². The zero-order valence-corrected chi connectivity index (χ0v) is 22.1. The highest BCUT2D eigenvalue weighted by Gasteiger charge is 2.17. The van der Waals surface area contributed by atoms with E-state index in [1.807, 2.05) is 37.4 Å². The monoisotopic (exact) mass is 483 g/mol. The molecule has 2 aromatic rings. The number of hydrogen-bond donors (Lipinski definition) is 3. The number of amidine groups is 1. The van der Waals surface area contributed by atoms with Gasteiger partial charge in [0.1, 0.15) is 5.84 Å². The molecule has 3 rings (SSSR count). The smallest absolute Gasteiger partial charge is 0.122 e. The summed E-state index contributed by atoms with van der Waals surface area (Å²) in [6, 6.07) is 18.4. The summed E-state index contributed by atoms with van der Waals surface area (Å²) in [6.07, 6.45) is 12.4. The Balaban J connectivity index is 0.000000319. The van der Waals surface area contributed by atoms with Gasteiger partial charge in [0.15, 0.2) is 0 Å². The Bertz CT molecular complexity index is 1080. The molecule has 0 heterocycles. The summed E-state index contributed by atoms with van der Waals surface area (Å²) in [5, 5.41) is 19.4.